The highest BCUT2D eigenvalue weighted by atomic mass is 16.5. The second-order valence-corrected chi connectivity index (χ2v) is 4.21. The number of anilines is 1. The fourth-order valence-electron chi connectivity index (χ4n) is 1.41. The van der Waals surface area contributed by atoms with Crippen LogP contribution in [0.1, 0.15) is 20.3 Å². The van der Waals surface area contributed by atoms with Gasteiger partial charge in [-0.25, -0.2) is 0 Å². The average Bonchev–Trinajstić information content (AvgIpc) is 2.28. The maximum atomic E-state index is 5.20. The molecule has 0 aliphatic heterocycles. The molecule has 1 rings (SSSR count). The van der Waals surface area contributed by atoms with Crippen LogP contribution >= 0.6 is 0 Å². The van der Waals surface area contributed by atoms with Gasteiger partial charge in [0.05, 0.1) is 14.2 Å². The molecule has 0 bridgehead atoms. The monoisotopic (exact) mass is 223 g/mol. The van der Waals surface area contributed by atoms with Crippen LogP contribution in [0.2, 0.25) is 0 Å². The summed E-state index contributed by atoms with van der Waals surface area (Å²) in [6, 6.07) is 5.82. The summed E-state index contributed by atoms with van der Waals surface area (Å²) in [7, 11) is 3.32. The predicted molar refractivity (Wildman–Crippen MR) is 67.5 cm³/mol. The summed E-state index contributed by atoms with van der Waals surface area (Å²) >= 11 is 0. The number of methoxy groups -OCH3 is 2. The van der Waals surface area contributed by atoms with Crippen LogP contribution < -0.4 is 14.8 Å². The van der Waals surface area contributed by atoms with E-state index in [2.05, 4.69) is 19.2 Å². The number of hydrogen-bond acceptors (Lipinski definition) is 3. The first-order valence-electron chi connectivity index (χ1n) is 5.62. The first-order valence-corrected chi connectivity index (χ1v) is 5.62. The van der Waals surface area contributed by atoms with E-state index in [9.17, 15) is 0 Å². The van der Waals surface area contributed by atoms with Gasteiger partial charge in [-0.1, -0.05) is 13.8 Å². The molecule has 0 saturated carbocycles. The van der Waals surface area contributed by atoms with Crippen molar-refractivity contribution in [2.45, 2.75) is 20.3 Å². The predicted octanol–water partition coefficient (Wildman–Crippen LogP) is 3.16. The molecule has 3 heteroatoms. The summed E-state index contributed by atoms with van der Waals surface area (Å²) in [4.78, 5) is 0. The van der Waals surface area contributed by atoms with Gasteiger partial charge in [0.1, 0.15) is 11.5 Å². The Morgan fingerprint density at radius 1 is 1.06 bits per heavy atom. The number of ether oxygens (including phenoxy) is 2. The number of rotatable bonds is 6. The molecule has 0 aliphatic rings. The van der Waals surface area contributed by atoms with Crippen LogP contribution in [0.4, 0.5) is 5.69 Å². The Balaban J connectivity index is 2.64. The van der Waals surface area contributed by atoms with Crippen LogP contribution in [0.25, 0.3) is 0 Å². The molecule has 0 fully saturated rings. The molecule has 0 aliphatic carbocycles. The van der Waals surface area contributed by atoms with Crippen molar-refractivity contribution in [2.24, 2.45) is 5.92 Å². The van der Waals surface area contributed by atoms with Crippen molar-refractivity contribution in [1.29, 1.82) is 0 Å². The maximum absolute atomic E-state index is 5.20. The minimum absolute atomic E-state index is 0.708. The lowest BCUT2D eigenvalue weighted by atomic mass is 10.1. The third-order valence-electron chi connectivity index (χ3n) is 2.40. The van der Waals surface area contributed by atoms with E-state index >= 15 is 0 Å². The van der Waals surface area contributed by atoms with Gasteiger partial charge in [-0.05, 0) is 12.3 Å². The van der Waals surface area contributed by atoms with Crippen molar-refractivity contribution in [3.8, 4) is 11.5 Å². The van der Waals surface area contributed by atoms with Gasteiger partial charge in [-0.15, -0.1) is 0 Å². The van der Waals surface area contributed by atoms with Crippen LogP contribution in [-0.4, -0.2) is 20.8 Å². The molecule has 0 saturated heterocycles. The fourth-order valence-corrected chi connectivity index (χ4v) is 1.41. The van der Waals surface area contributed by atoms with Crippen LogP contribution in [0.5, 0.6) is 11.5 Å². The fraction of sp³-hybridized carbons (Fsp3) is 0.538. The minimum Gasteiger partial charge on any atom is -0.497 e. The van der Waals surface area contributed by atoms with Gasteiger partial charge < -0.3 is 14.8 Å². The zero-order chi connectivity index (χ0) is 12.0. The lowest BCUT2D eigenvalue weighted by molar-refractivity contribution is 0.394. The third-order valence-corrected chi connectivity index (χ3v) is 2.40. The second-order valence-electron chi connectivity index (χ2n) is 4.21. The minimum atomic E-state index is 0.708. The normalized spacial score (nSPS) is 10.3. The van der Waals surface area contributed by atoms with E-state index < -0.39 is 0 Å². The summed E-state index contributed by atoms with van der Waals surface area (Å²) in [5.74, 6) is 2.33. The Bertz CT molecular complexity index is 301. The summed E-state index contributed by atoms with van der Waals surface area (Å²) < 4.78 is 10.4. The lowest BCUT2D eigenvalue weighted by Gasteiger charge is -2.11. The molecule has 0 atom stereocenters. The van der Waals surface area contributed by atoms with E-state index in [4.69, 9.17) is 9.47 Å². The topological polar surface area (TPSA) is 30.5 Å². The standard InChI is InChI=1S/C13H21NO2/c1-10(2)5-6-14-11-7-12(15-3)9-13(8-11)16-4/h7-10,14H,5-6H2,1-4H3. The van der Waals surface area contributed by atoms with Crippen LogP contribution in [-0.2, 0) is 0 Å². The van der Waals surface area contributed by atoms with Gasteiger partial charge >= 0.3 is 0 Å². The summed E-state index contributed by atoms with van der Waals surface area (Å²) in [6.45, 7) is 5.40. The van der Waals surface area contributed by atoms with Crippen molar-refractivity contribution in [2.75, 3.05) is 26.1 Å². The summed E-state index contributed by atoms with van der Waals surface area (Å²) in [5, 5.41) is 3.37. The van der Waals surface area contributed by atoms with Crippen LogP contribution in [0.3, 0.4) is 0 Å². The van der Waals surface area contributed by atoms with Crippen LogP contribution in [0.15, 0.2) is 18.2 Å². The molecule has 1 aromatic rings. The SMILES string of the molecule is COc1cc(NCCC(C)C)cc(OC)c1. The smallest absolute Gasteiger partial charge is 0.124 e. The molecule has 1 N–H and O–H groups in total. The molecular weight excluding hydrogens is 202 g/mol. The molecule has 0 spiro atoms. The van der Waals surface area contributed by atoms with Gasteiger partial charge in [0.2, 0.25) is 0 Å². The number of nitrogens with one attached hydrogen (secondary N) is 1. The highest BCUT2D eigenvalue weighted by Crippen LogP contribution is 2.25. The maximum Gasteiger partial charge on any atom is 0.124 e. The van der Waals surface area contributed by atoms with Crippen molar-refractivity contribution in [3.63, 3.8) is 0 Å². The number of benzene rings is 1. The highest BCUT2D eigenvalue weighted by Gasteiger charge is 2.01. The molecule has 0 radical (unpaired) electrons. The van der Waals surface area contributed by atoms with Crippen molar-refractivity contribution < 1.29 is 9.47 Å². The summed E-state index contributed by atoms with van der Waals surface area (Å²) in [5.41, 5.74) is 1.04. The molecule has 3 nitrogen and oxygen atoms in total. The molecule has 1 aromatic carbocycles. The van der Waals surface area contributed by atoms with E-state index in [0.717, 1.165) is 30.2 Å². The first-order chi connectivity index (χ1) is 7.65. The van der Waals surface area contributed by atoms with E-state index in [1.54, 1.807) is 14.2 Å². The van der Waals surface area contributed by atoms with Crippen molar-refractivity contribution in [1.82, 2.24) is 0 Å². The summed E-state index contributed by atoms with van der Waals surface area (Å²) in [6.07, 6.45) is 1.15. The zero-order valence-corrected chi connectivity index (χ0v) is 10.5. The molecule has 90 valence electrons. The van der Waals surface area contributed by atoms with Crippen LogP contribution in [0, 0.1) is 5.92 Å². The third kappa shape index (κ3) is 4.01. The Morgan fingerprint density at radius 2 is 1.62 bits per heavy atom. The highest BCUT2D eigenvalue weighted by molar-refractivity contribution is 5.53. The van der Waals surface area contributed by atoms with Gasteiger partial charge in [0, 0.05) is 30.4 Å². The number of hydrogen-bond donors (Lipinski definition) is 1. The molecule has 0 heterocycles. The Morgan fingerprint density at radius 3 is 2.06 bits per heavy atom. The molecule has 16 heavy (non-hydrogen) atoms. The molecule has 0 aromatic heterocycles. The van der Waals surface area contributed by atoms with E-state index in [-0.39, 0.29) is 0 Å². The average molecular weight is 223 g/mol. The Labute approximate surface area is 97.8 Å². The lowest BCUT2D eigenvalue weighted by Crippen LogP contribution is -2.05. The molecular formula is C13H21NO2. The van der Waals surface area contributed by atoms with Crippen molar-refractivity contribution in [3.05, 3.63) is 18.2 Å². The molecule has 0 unspecified atom stereocenters. The van der Waals surface area contributed by atoms with E-state index in [1.165, 1.54) is 0 Å². The zero-order valence-electron chi connectivity index (χ0n) is 10.5. The van der Waals surface area contributed by atoms with Crippen molar-refractivity contribution >= 4 is 5.69 Å². The van der Waals surface area contributed by atoms with Gasteiger partial charge in [0.15, 0.2) is 0 Å². The molecule has 0 amide bonds. The first kappa shape index (κ1) is 12.7. The van der Waals surface area contributed by atoms with Gasteiger partial charge in [-0.3, -0.25) is 0 Å². The Hall–Kier alpha value is -1.38. The van der Waals surface area contributed by atoms with E-state index in [0.29, 0.717) is 5.92 Å². The Kier molecular flexibility index (Phi) is 4.96. The quantitative estimate of drug-likeness (QED) is 0.803. The van der Waals surface area contributed by atoms with E-state index in [1.807, 2.05) is 18.2 Å². The second kappa shape index (κ2) is 6.26. The van der Waals surface area contributed by atoms with Gasteiger partial charge in [0.25, 0.3) is 0 Å². The largest absolute Gasteiger partial charge is 0.497 e. The van der Waals surface area contributed by atoms with Gasteiger partial charge in [-0.2, -0.15) is 0 Å².